The van der Waals surface area contributed by atoms with Crippen molar-refractivity contribution in [2.45, 2.75) is 13.3 Å². The second kappa shape index (κ2) is 5.85. The van der Waals surface area contributed by atoms with Gasteiger partial charge in [-0.2, -0.15) is 0 Å². The molecule has 0 radical (unpaired) electrons. The summed E-state index contributed by atoms with van der Waals surface area (Å²) in [7, 11) is 0. The van der Waals surface area contributed by atoms with Crippen molar-refractivity contribution in [3.63, 3.8) is 0 Å². The second-order valence-electron chi connectivity index (χ2n) is 4.99. The van der Waals surface area contributed by atoms with E-state index in [0.29, 0.717) is 10.6 Å². The molecule has 1 heterocycles. The Morgan fingerprint density at radius 2 is 2.14 bits per heavy atom. The van der Waals surface area contributed by atoms with E-state index >= 15 is 0 Å². The van der Waals surface area contributed by atoms with Gasteiger partial charge in [-0.25, -0.2) is 4.39 Å². The lowest BCUT2D eigenvalue weighted by molar-refractivity contribution is 0.465. The summed E-state index contributed by atoms with van der Waals surface area (Å²) in [6.45, 7) is 2.01. The highest BCUT2D eigenvalue weighted by Gasteiger charge is 2.11. The zero-order valence-electron chi connectivity index (χ0n) is 11.9. The van der Waals surface area contributed by atoms with Gasteiger partial charge in [0.25, 0.3) is 0 Å². The quantitative estimate of drug-likeness (QED) is 0.654. The molecule has 3 rings (SSSR count). The van der Waals surface area contributed by atoms with Crippen LogP contribution in [-0.2, 0) is 0 Å². The van der Waals surface area contributed by atoms with E-state index in [9.17, 15) is 9.50 Å². The smallest absolute Gasteiger partial charge is 0.176 e. The average Bonchev–Trinajstić information content (AvgIpc) is 2.90. The molecule has 0 amide bonds. The van der Waals surface area contributed by atoms with E-state index in [4.69, 9.17) is 16.0 Å². The van der Waals surface area contributed by atoms with Crippen LogP contribution in [0.5, 0.6) is 5.75 Å². The Labute approximate surface area is 132 Å². The highest BCUT2D eigenvalue weighted by Crippen LogP contribution is 2.33. The van der Waals surface area contributed by atoms with Crippen molar-refractivity contribution in [1.82, 2.24) is 0 Å². The van der Waals surface area contributed by atoms with Gasteiger partial charge in [0.05, 0.1) is 11.3 Å². The number of phenolic OH excluding ortho intramolecular Hbond substituents is 1. The van der Waals surface area contributed by atoms with E-state index < -0.39 is 0 Å². The zero-order valence-corrected chi connectivity index (χ0v) is 12.7. The number of para-hydroxylation sites is 1. The summed E-state index contributed by atoms with van der Waals surface area (Å²) < 4.78 is 18.6. The molecule has 1 N–H and O–H groups in total. The third-order valence-electron chi connectivity index (χ3n) is 3.60. The molecule has 0 spiro atoms. The molecule has 0 fully saturated rings. The topological polar surface area (TPSA) is 33.4 Å². The minimum Gasteiger partial charge on any atom is -0.504 e. The Bertz CT molecular complexity index is 865. The minimum atomic E-state index is -0.358. The highest BCUT2D eigenvalue weighted by atomic mass is 35.5. The lowest BCUT2D eigenvalue weighted by atomic mass is 10.00. The Hall–Kier alpha value is -2.26. The Balaban J connectivity index is 2.13. The molecule has 4 heteroatoms. The number of rotatable bonds is 3. The van der Waals surface area contributed by atoms with E-state index in [-0.39, 0.29) is 11.6 Å². The number of aromatic hydroxyl groups is 1. The molecule has 0 aliphatic rings. The van der Waals surface area contributed by atoms with Crippen LogP contribution in [-0.4, -0.2) is 5.11 Å². The van der Waals surface area contributed by atoms with E-state index in [1.165, 1.54) is 12.1 Å². The molecule has 3 aromatic rings. The van der Waals surface area contributed by atoms with Crippen molar-refractivity contribution < 1.29 is 13.9 Å². The summed E-state index contributed by atoms with van der Waals surface area (Å²) in [5.74, 6) is -0.252. The molecule has 0 saturated heterocycles. The molecular weight excluding hydrogens is 303 g/mol. The van der Waals surface area contributed by atoms with Gasteiger partial charge in [0.15, 0.2) is 11.3 Å². The van der Waals surface area contributed by atoms with Gasteiger partial charge in [0, 0.05) is 10.9 Å². The first-order chi connectivity index (χ1) is 10.6. The van der Waals surface area contributed by atoms with Gasteiger partial charge in [-0.1, -0.05) is 36.7 Å². The third-order valence-corrected chi connectivity index (χ3v) is 3.91. The molecular formula is C18H14ClFO2. The molecule has 2 aromatic carbocycles. The van der Waals surface area contributed by atoms with Gasteiger partial charge in [0.1, 0.15) is 5.82 Å². The van der Waals surface area contributed by atoms with Crippen LogP contribution in [0.4, 0.5) is 4.39 Å². The van der Waals surface area contributed by atoms with Gasteiger partial charge in [-0.05, 0) is 41.8 Å². The highest BCUT2D eigenvalue weighted by molar-refractivity contribution is 6.32. The first kappa shape index (κ1) is 14.7. The largest absolute Gasteiger partial charge is 0.504 e. The van der Waals surface area contributed by atoms with Crippen LogP contribution < -0.4 is 0 Å². The number of phenols is 1. The van der Waals surface area contributed by atoms with Gasteiger partial charge < -0.3 is 9.52 Å². The van der Waals surface area contributed by atoms with E-state index in [2.05, 4.69) is 0 Å². The summed E-state index contributed by atoms with van der Waals surface area (Å²) >= 11 is 6.14. The number of hydrogen-bond donors (Lipinski definition) is 1. The summed E-state index contributed by atoms with van der Waals surface area (Å²) in [4.78, 5) is 0. The summed E-state index contributed by atoms with van der Waals surface area (Å²) in [5.41, 5.74) is 3.06. The van der Waals surface area contributed by atoms with Crippen LogP contribution in [0.25, 0.3) is 22.6 Å². The van der Waals surface area contributed by atoms with E-state index in [1.807, 2.05) is 19.1 Å². The predicted octanol–water partition coefficient (Wildman–Crippen LogP) is 5.88. The molecule has 0 bridgehead atoms. The Morgan fingerprint density at radius 3 is 2.86 bits per heavy atom. The first-order valence-corrected chi connectivity index (χ1v) is 7.33. The van der Waals surface area contributed by atoms with E-state index in [0.717, 1.165) is 28.5 Å². The van der Waals surface area contributed by atoms with Crippen LogP contribution in [0.3, 0.4) is 0 Å². The maximum atomic E-state index is 13.2. The lowest BCUT2D eigenvalue weighted by Gasteiger charge is -2.07. The van der Waals surface area contributed by atoms with Crippen molar-refractivity contribution in [2.75, 3.05) is 0 Å². The monoisotopic (exact) mass is 316 g/mol. The van der Waals surface area contributed by atoms with Crippen LogP contribution in [0.1, 0.15) is 24.5 Å². The summed E-state index contributed by atoms with van der Waals surface area (Å²) in [5, 5.41) is 11.0. The van der Waals surface area contributed by atoms with Crippen LogP contribution in [0, 0.1) is 5.82 Å². The van der Waals surface area contributed by atoms with Crippen molar-refractivity contribution in [3.05, 3.63) is 64.6 Å². The van der Waals surface area contributed by atoms with Crippen LogP contribution in [0.2, 0.25) is 5.02 Å². The molecule has 112 valence electrons. The van der Waals surface area contributed by atoms with Crippen molar-refractivity contribution in [2.24, 2.45) is 0 Å². The normalized spacial score (nSPS) is 12.0. The van der Waals surface area contributed by atoms with Crippen LogP contribution in [0.15, 0.2) is 47.1 Å². The number of hydrogen-bond acceptors (Lipinski definition) is 2. The van der Waals surface area contributed by atoms with Gasteiger partial charge in [0.2, 0.25) is 0 Å². The molecule has 2 nitrogen and oxygen atoms in total. The maximum absolute atomic E-state index is 13.2. The van der Waals surface area contributed by atoms with E-state index in [1.54, 1.807) is 24.5 Å². The fraction of sp³-hybridized carbons (Fsp3) is 0.111. The second-order valence-corrected chi connectivity index (χ2v) is 5.40. The number of halogens is 2. The minimum absolute atomic E-state index is 0.106. The van der Waals surface area contributed by atoms with Crippen molar-refractivity contribution >= 4 is 34.2 Å². The van der Waals surface area contributed by atoms with Gasteiger partial charge in [-0.3, -0.25) is 0 Å². The summed E-state index contributed by atoms with van der Waals surface area (Å²) in [6, 6.07) is 9.60. The molecule has 0 atom stereocenters. The number of furan rings is 1. The molecule has 22 heavy (non-hydrogen) atoms. The number of benzene rings is 2. The molecule has 1 aromatic heterocycles. The molecule has 0 aliphatic carbocycles. The van der Waals surface area contributed by atoms with Crippen molar-refractivity contribution in [1.29, 1.82) is 0 Å². The zero-order chi connectivity index (χ0) is 15.7. The van der Waals surface area contributed by atoms with Crippen molar-refractivity contribution in [3.8, 4) is 5.75 Å². The maximum Gasteiger partial charge on any atom is 0.176 e. The average molecular weight is 317 g/mol. The predicted molar refractivity (Wildman–Crippen MR) is 87.5 cm³/mol. The van der Waals surface area contributed by atoms with Gasteiger partial charge in [-0.15, -0.1) is 0 Å². The standard InChI is InChI=1S/C18H14ClFO2/c1-2-11(14-7-6-13(20)9-16(14)19)8-12-10-22-18-15(12)4-3-5-17(18)21/h3-10,21H,2H2,1H3/b11-8+. The molecule has 0 aliphatic heterocycles. The number of fused-ring (bicyclic) bond motifs is 1. The Kier molecular flexibility index (Phi) is 3.90. The fourth-order valence-electron chi connectivity index (χ4n) is 2.48. The van der Waals surface area contributed by atoms with Crippen LogP contribution >= 0.6 is 11.6 Å². The molecule has 0 saturated carbocycles. The van der Waals surface area contributed by atoms with Gasteiger partial charge >= 0.3 is 0 Å². The third kappa shape index (κ3) is 2.60. The SMILES string of the molecule is CC/C(=C\c1coc2c(O)cccc12)c1ccc(F)cc1Cl. The first-order valence-electron chi connectivity index (χ1n) is 6.95. The fourth-order valence-corrected chi connectivity index (χ4v) is 2.77. The summed E-state index contributed by atoms with van der Waals surface area (Å²) in [6.07, 6.45) is 4.28. The lowest BCUT2D eigenvalue weighted by Crippen LogP contribution is -1.86. The number of allylic oxidation sites excluding steroid dienone is 1. The molecule has 0 unspecified atom stereocenters. The Morgan fingerprint density at radius 1 is 1.32 bits per heavy atom.